The monoisotopic (exact) mass is 289 g/mol. The first-order valence-electron chi connectivity index (χ1n) is 5.49. The molecule has 0 atom stereocenters. The van der Waals surface area contributed by atoms with Crippen LogP contribution in [0.1, 0.15) is 6.92 Å². The van der Waals surface area contributed by atoms with E-state index in [4.69, 9.17) is 9.88 Å². The highest BCUT2D eigenvalue weighted by atomic mass is 32.2. The Morgan fingerprint density at radius 2 is 2.16 bits per heavy atom. The number of nitro benzene ring substituents is 1. The fraction of sp³-hybridized carbons (Fsp3) is 0.400. The predicted molar refractivity (Wildman–Crippen MR) is 69.5 cm³/mol. The fourth-order valence-corrected chi connectivity index (χ4v) is 2.14. The van der Waals surface area contributed by atoms with Gasteiger partial charge >= 0.3 is 0 Å². The van der Waals surface area contributed by atoms with Crippen molar-refractivity contribution in [2.45, 2.75) is 11.8 Å². The van der Waals surface area contributed by atoms with Crippen LogP contribution in [-0.4, -0.2) is 33.1 Å². The Balaban J connectivity index is 3.00. The molecule has 0 saturated heterocycles. The number of ether oxygens (including phenoxy) is 1. The highest BCUT2D eigenvalue weighted by Crippen LogP contribution is 2.25. The van der Waals surface area contributed by atoms with Gasteiger partial charge < -0.3 is 10.1 Å². The molecule has 1 aromatic carbocycles. The zero-order valence-corrected chi connectivity index (χ0v) is 11.1. The van der Waals surface area contributed by atoms with Crippen molar-refractivity contribution in [2.24, 2.45) is 5.14 Å². The number of benzene rings is 1. The van der Waals surface area contributed by atoms with Crippen LogP contribution in [0.5, 0.6) is 0 Å². The molecule has 0 saturated carbocycles. The molecular formula is C10H15N3O5S. The highest BCUT2D eigenvalue weighted by Gasteiger charge is 2.18. The van der Waals surface area contributed by atoms with Crippen LogP contribution >= 0.6 is 0 Å². The van der Waals surface area contributed by atoms with Crippen molar-refractivity contribution in [2.75, 3.05) is 25.1 Å². The summed E-state index contributed by atoms with van der Waals surface area (Å²) in [6.07, 6.45) is 0. The number of nitrogens with two attached hydrogens (primary N) is 1. The number of sulfonamides is 1. The van der Waals surface area contributed by atoms with Crippen molar-refractivity contribution in [3.05, 3.63) is 28.3 Å². The average molecular weight is 289 g/mol. The van der Waals surface area contributed by atoms with Gasteiger partial charge in [0.1, 0.15) is 4.90 Å². The molecule has 3 N–H and O–H groups in total. The van der Waals surface area contributed by atoms with Gasteiger partial charge in [0.2, 0.25) is 10.0 Å². The molecule has 1 aromatic rings. The molecule has 0 radical (unpaired) electrons. The van der Waals surface area contributed by atoms with Crippen LogP contribution in [0.25, 0.3) is 0 Å². The zero-order valence-electron chi connectivity index (χ0n) is 10.3. The van der Waals surface area contributed by atoms with E-state index in [2.05, 4.69) is 5.32 Å². The van der Waals surface area contributed by atoms with E-state index in [1.165, 1.54) is 12.1 Å². The lowest BCUT2D eigenvalue weighted by Crippen LogP contribution is -2.17. The number of nitrogens with zero attached hydrogens (tertiary/aromatic N) is 1. The molecule has 9 heteroatoms. The second kappa shape index (κ2) is 6.45. The summed E-state index contributed by atoms with van der Waals surface area (Å²) < 4.78 is 27.9. The Morgan fingerprint density at radius 1 is 1.47 bits per heavy atom. The Kier molecular flexibility index (Phi) is 5.21. The molecule has 0 bridgehead atoms. The van der Waals surface area contributed by atoms with Gasteiger partial charge in [-0.1, -0.05) is 0 Å². The molecule has 0 aliphatic carbocycles. The minimum absolute atomic E-state index is 0.216. The lowest BCUT2D eigenvalue weighted by Gasteiger charge is -2.10. The summed E-state index contributed by atoms with van der Waals surface area (Å²) in [4.78, 5) is 9.63. The number of non-ortho nitro benzene ring substituents is 1. The molecular weight excluding hydrogens is 274 g/mol. The average Bonchev–Trinajstić information content (AvgIpc) is 2.33. The summed E-state index contributed by atoms with van der Waals surface area (Å²) >= 11 is 0. The van der Waals surface area contributed by atoms with Crippen molar-refractivity contribution in [1.29, 1.82) is 0 Å². The zero-order chi connectivity index (χ0) is 14.5. The van der Waals surface area contributed by atoms with Gasteiger partial charge in [-0.2, -0.15) is 0 Å². The lowest BCUT2D eigenvalue weighted by atomic mass is 10.3. The maximum absolute atomic E-state index is 11.4. The number of hydrogen-bond acceptors (Lipinski definition) is 6. The summed E-state index contributed by atoms with van der Waals surface area (Å²) in [6, 6.07) is 3.44. The molecule has 1 rings (SSSR count). The first-order valence-corrected chi connectivity index (χ1v) is 7.03. The van der Waals surface area contributed by atoms with E-state index in [0.29, 0.717) is 19.8 Å². The number of nitro groups is 1. The first kappa shape index (κ1) is 15.3. The number of nitrogens with one attached hydrogen (secondary N) is 1. The van der Waals surface area contributed by atoms with Crippen LogP contribution in [0.3, 0.4) is 0 Å². The van der Waals surface area contributed by atoms with Crippen molar-refractivity contribution in [1.82, 2.24) is 0 Å². The van der Waals surface area contributed by atoms with E-state index in [9.17, 15) is 18.5 Å². The van der Waals surface area contributed by atoms with Gasteiger partial charge in [0, 0.05) is 25.3 Å². The molecule has 19 heavy (non-hydrogen) atoms. The summed E-state index contributed by atoms with van der Waals surface area (Å²) in [5, 5.41) is 18.5. The predicted octanol–water partition coefficient (Wildman–Crippen LogP) is 0.691. The minimum atomic E-state index is -4.04. The quantitative estimate of drug-likeness (QED) is 0.432. The maximum Gasteiger partial charge on any atom is 0.270 e. The normalized spacial score (nSPS) is 11.3. The van der Waals surface area contributed by atoms with Gasteiger partial charge in [0.15, 0.2) is 0 Å². The molecule has 0 aliphatic rings. The Bertz CT molecular complexity index is 558. The van der Waals surface area contributed by atoms with Crippen molar-refractivity contribution >= 4 is 21.4 Å². The second-order valence-corrected chi connectivity index (χ2v) is 5.14. The molecule has 0 amide bonds. The van der Waals surface area contributed by atoms with Crippen LogP contribution in [0.15, 0.2) is 23.1 Å². The Morgan fingerprint density at radius 3 is 2.68 bits per heavy atom. The molecule has 8 nitrogen and oxygen atoms in total. The van der Waals surface area contributed by atoms with E-state index in [1.54, 1.807) is 0 Å². The van der Waals surface area contributed by atoms with Crippen molar-refractivity contribution in [3.63, 3.8) is 0 Å². The smallest absolute Gasteiger partial charge is 0.270 e. The van der Waals surface area contributed by atoms with Gasteiger partial charge in [0.25, 0.3) is 5.69 Å². The number of hydrogen-bond donors (Lipinski definition) is 2. The lowest BCUT2D eigenvalue weighted by molar-refractivity contribution is -0.385. The Hall–Kier alpha value is -1.71. The van der Waals surface area contributed by atoms with E-state index < -0.39 is 14.9 Å². The highest BCUT2D eigenvalue weighted by molar-refractivity contribution is 7.89. The van der Waals surface area contributed by atoms with E-state index >= 15 is 0 Å². The molecule has 0 heterocycles. The summed E-state index contributed by atoms with van der Waals surface area (Å²) in [5.74, 6) is 0. The van der Waals surface area contributed by atoms with Crippen molar-refractivity contribution < 1.29 is 18.1 Å². The van der Waals surface area contributed by atoms with Crippen LogP contribution in [0.2, 0.25) is 0 Å². The molecule has 0 fully saturated rings. The van der Waals surface area contributed by atoms with Gasteiger partial charge in [-0.3, -0.25) is 10.1 Å². The molecule has 0 aliphatic heterocycles. The number of rotatable bonds is 7. The van der Waals surface area contributed by atoms with Crippen molar-refractivity contribution in [3.8, 4) is 0 Å². The van der Waals surface area contributed by atoms with Crippen LogP contribution in [0, 0.1) is 10.1 Å². The topological polar surface area (TPSA) is 125 Å². The summed E-state index contributed by atoms with van der Waals surface area (Å²) in [6.45, 7) is 3.14. The Labute approximate surface area is 110 Å². The maximum atomic E-state index is 11.4. The van der Waals surface area contributed by atoms with Gasteiger partial charge in [-0.25, -0.2) is 13.6 Å². The van der Waals surface area contributed by atoms with Gasteiger partial charge in [-0.15, -0.1) is 0 Å². The third-order valence-corrected chi connectivity index (χ3v) is 3.20. The van der Waals surface area contributed by atoms with Gasteiger partial charge in [-0.05, 0) is 13.0 Å². The molecule has 0 spiro atoms. The minimum Gasteiger partial charge on any atom is -0.382 e. The summed E-state index contributed by atoms with van der Waals surface area (Å²) in [7, 11) is -4.04. The number of primary sulfonamides is 1. The standard InChI is InChI=1S/C10H15N3O5S/c1-2-18-6-5-12-9-4-3-8(13(14)15)7-10(9)19(11,16)17/h3-4,7,12H,2,5-6H2,1H3,(H2,11,16,17). The largest absolute Gasteiger partial charge is 0.382 e. The summed E-state index contributed by atoms with van der Waals surface area (Å²) in [5.41, 5.74) is -0.118. The molecule has 0 unspecified atom stereocenters. The first-order chi connectivity index (χ1) is 8.86. The fourth-order valence-electron chi connectivity index (χ4n) is 1.41. The van der Waals surface area contributed by atoms with Gasteiger partial charge in [0.05, 0.1) is 17.2 Å². The van der Waals surface area contributed by atoms with Crippen LogP contribution < -0.4 is 10.5 Å². The van der Waals surface area contributed by atoms with E-state index in [0.717, 1.165) is 6.07 Å². The number of anilines is 1. The third kappa shape index (κ3) is 4.47. The van der Waals surface area contributed by atoms with E-state index in [1.807, 2.05) is 6.92 Å². The van der Waals surface area contributed by atoms with Crippen LogP contribution in [-0.2, 0) is 14.8 Å². The van der Waals surface area contributed by atoms with Crippen LogP contribution in [0.4, 0.5) is 11.4 Å². The SMILES string of the molecule is CCOCCNc1ccc([N+](=O)[O-])cc1S(N)(=O)=O. The molecule has 106 valence electrons. The molecule has 0 aromatic heterocycles. The van der Waals surface area contributed by atoms with E-state index in [-0.39, 0.29) is 16.3 Å². The second-order valence-electron chi connectivity index (χ2n) is 3.61. The third-order valence-electron chi connectivity index (χ3n) is 2.25.